The Morgan fingerprint density at radius 2 is 2.34 bits per heavy atom. The molecule has 2 bridgehead atoms. The Balaban J connectivity index is 1.27. The predicted octanol–water partition coefficient (Wildman–Crippen LogP) is 2.74. The molecular formula is C23H31N5O. The fourth-order valence-electron chi connectivity index (χ4n) is 4.33. The second-order valence-electron chi connectivity index (χ2n) is 8.03. The number of likely N-dealkylation sites (tertiary alicyclic amines) is 1. The Kier molecular flexibility index (Phi) is 6.02. The summed E-state index contributed by atoms with van der Waals surface area (Å²) in [4.78, 5) is 12.5. The number of aromatic amines is 1. The molecule has 6 heteroatoms. The molecule has 2 aliphatic heterocycles. The van der Waals surface area contributed by atoms with Gasteiger partial charge < -0.3 is 20.4 Å². The lowest BCUT2D eigenvalue weighted by atomic mass is 10.1. The predicted molar refractivity (Wildman–Crippen MR) is 119 cm³/mol. The number of rotatable bonds is 9. The summed E-state index contributed by atoms with van der Waals surface area (Å²) >= 11 is 0. The van der Waals surface area contributed by atoms with Crippen LogP contribution < -0.4 is 5.73 Å². The lowest BCUT2D eigenvalue weighted by molar-refractivity contribution is 0.0347. The molecule has 3 heterocycles. The summed E-state index contributed by atoms with van der Waals surface area (Å²) in [5, 5.41) is 1.12. The van der Waals surface area contributed by atoms with Crippen molar-refractivity contribution in [2.45, 2.75) is 25.0 Å². The first-order valence-electron chi connectivity index (χ1n) is 10.4. The molecular weight excluding hydrogens is 362 g/mol. The van der Waals surface area contributed by atoms with Crippen molar-refractivity contribution >= 4 is 16.7 Å². The minimum atomic E-state index is 0.434. The van der Waals surface area contributed by atoms with Gasteiger partial charge in [-0.25, -0.2) is 0 Å². The van der Waals surface area contributed by atoms with Gasteiger partial charge in [0.1, 0.15) is 5.84 Å². The highest BCUT2D eigenvalue weighted by molar-refractivity contribution is 6.08. The van der Waals surface area contributed by atoms with Gasteiger partial charge in [0.05, 0.1) is 12.7 Å². The number of aromatic nitrogens is 1. The third-order valence-electron chi connectivity index (χ3n) is 5.87. The first-order chi connectivity index (χ1) is 14.1. The van der Waals surface area contributed by atoms with Crippen molar-refractivity contribution in [3.63, 3.8) is 0 Å². The summed E-state index contributed by atoms with van der Waals surface area (Å²) in [6.45, 7) is 8.50. The first-order valence-corrected chi connectivity index (χ1v) is 10.4. The number of ether oxygens (including phenoxy) is 1. The quantitative estimate of drug-likeness (QED) is 0.297. The molecule has 1 aromatic carbocycles. The number of amidine groups is 1. The number of nitrogens with zero attached hydrogens (tertiary/aromatic N) is 3. The van der Waals surface area contributed by atoms with Crippen molar-refractivity contribution in [1.29, 1.82) is 0 Å². The van der Waals surface area contributed by atoms with Crippen LogP contribution in [0.25, 0.3) is 10.9 Å². The lowest BCUT2D eigenvalue weighted by Crippen LogP contribution is -2.38. The summed E-state index contributed by atoms with van der Waals surface area (Å²) in [7, 11) is 2.11. The molecule has 4 rings (SSSR count). The molecule has 0 saturated carbocycles. The van der Waals surface area contributed by atoms with Gasteiger partial charge in [-0.05, 0) is 30.5 Å². The molecule has 2 fully saturated rings. The topological polar surface area (TPSA) is 69.9 Å². The largest absolute Gasteiger partial charge is 0.383 e. The van der Waals surface area contributed by atoms with Crippen molar-refractivity contribution in [3.05, 3.63) is 60.5 Å². The summed E-state index contributed by atoms with van der Waals surface area (Å²) in [5.41, 5.74) is 9.57. The number of aliphatic imine (C=N–C) groups is 1. The van der Waals surface area contributed by atoms with Gasteiger partial charge in [-0.15, -0.1) is 0 Å². The van der Waals surface area contributed by atoms with Crippen molar-refractivity contribution in [2.24, 2.45) is 10.7 Å². The van der Waals surface area contributed by atoms with E-state index in [9.17, 15) is 0 Å². The average molecular weight is 394 g/mol. The Labute approximate surface area is 172 Å². The number of hydrogen-bond donors (Lipinski definition) is 2. The van der Waals surface area contributed by atoms with E-state index in [1.54, 1.807) is 0 Å². The molecule has 6 nitrogen and oxygen atoms in total. The second-order valence-corrected chi connectivity index (χ2v) is 8.03. The standard InChI is InChI=1S/C23H31N5O/c1-3-17(14-28-15-19-12-18(28)16-29-19)13-27(2)11-5-9-26-23(24)21-6-4-7-22-20(21)8-10-25-22/h3-4,6-8,10,13,18-19,25H,1,5,9,11-12,14-16H2,2H3,(H2,24,26)/b17-13+/t18-,19-/m0/s1. The van der Waals surface area contributed by atoms with E-state index in [4.69, 9.17) is 10.5 Å². The van der Waals surface area contributed by atoms with Crippen LogP contribution in [0.1, 0.15) is 18.4 Å². The maximum absolute atomic E-state index is 6.24. The van der Waals surface area contributed by atoms with Gasteiger partial charge in [0.2, 0.25) is 0 Å². The van der Waals surface area contributed by atoms with E-state index < -0.39 is 0 Å². The normalized spacial score (nSPS) is 22.5. The fourth-order valence-corrected chi connectivity index (χ4v) is 4.33. The molecule has 0 radical (unpaired) electrons. The molecule has 1 aromatic heterocycles. The van der Waals surface area contributed by atoms with Crippen LogP contribution in [0.15, 0.2) is 59.9 Å². The van der Waals surface area contributed by atoms with Gasteiger partial charge in [0.25, 0.3) is 0 Å². The lowest BCUT2D eigenvalue weighted by Gasteiger charge is -2.27. The van der Waals surface area contributed by atoms with Gasteiger partial charge >= 0.3 is 0 Å². The molecule has 2 saturated heterocycles. The zero-order chi connectivity index (χ0) is 20.2. The summed E-state index contributed by atoms with van der Waals surface area (Å²) in [5.74, 6) is 0.603. The molecule has 0 amide bonds. The smallest absolute Gasteiger partial charge is 0.126 e. The van der Waals surface area contributed by atoms with Crippen LogP contribution in [0.3, 0.4) is 0 Å². The summed E-state index contributed by atoms with van der Waals surface area (Å²) in [6, 6.07) is 8.70. The highest BCUT2D eigenvalue weighted by Gasteiger charge is 2.38. The molecule has 2 aromatic rings. The average Bonchev–Trinajstić information content (AvgIpc) is 3.46. The number of fused-ring (bicyclic) bond motifs is 3. The highest BCUT2D eigenvalue weighted by atomic mass is 16.5. The summed E-state index contributed by atoms with van der Waals surface area (Å²) < 4.78 is 5.69. The molecule has 154 valence electrons. The maximum atomic E-state index is 6.24. The minimum Gasteiger partial charge on any atom is -0.383 e. The van der Waals surface area contributed by atoms with Crippen LogP contribution in [0.2, 0.25) is 0 Å². The van der Waals surface area contributed by atoms with Gasteiger partial charge in [-0.2, -0.15) is 0 Å². The molecule has 0 spiro atoms. The number of nitrogens with two attached hydrogens (primary N) is 1. The maximum Gasteiger partial charge on any atom is 0.126 e. The molecule has 2 aliphatic rings. The van der Waals surface area contributed by atoms with E-state index >= 15 is 0 Å². The molecule has 2 atom stereocenters. The van der Waals surface area contributed by atoms with E-state index in [0.29, 0.717) is 24.5 Å². The van der Waals surface area contributed by atoms with Gasteiger partial charge in [-0.1, -0.05) is 24.8 Å². The third-order valence-corrected chi connectivity index (χ3v) is 5.87. The van der Waals surface area contributed by atoms with Crippen LogP contribution in [0.4, 0.5) is 0 Å². The number of H-pyrrole nitrogens is 1. The van der Waals surface area contributed by atoms with Crippen molar-refractivity contribution in [2.75, 3.05) is 39.8 Å². The molecule has 0 unspecified atom stereocenters. The monoisotopic (exact) mass is 393 g/mol. The van der Waals surface area contributed by atoms with Gasteiger partial charge in [-0.3, -0.25) is 9.89 Å². The van der Waals surface area contributed by atoms with Crippen molar-refractivity contribution in [1.82, 2.24) is 14.8 Å². The SMILES string of the molecule is C=C/C(=C\N(C)CCCN=C(N)c1cccc2[nH]ccc12)CN1C[C@@H]2C[C@H]1CO2. The van der Waals surface area contributed by atoms with Crippen LogP contribution in [-0.4, -0.2) is 72.6 Å². The van der Waals surface area contributed by atoms with E-state index in [0.717, 1.165) is 49.1 Å². The van der Waals surface area contributed by atoms with Crippen LogP contribution >= 0.6 is 0 Å². The zero-order valence-electron chi connectivity index (χ0n) is 17.2. The van der Waals surface area contributed by atoms with E-state index in [-0.39, 0.29) is 0 Å². The van der Waals surface area contributed by atoms with Crippen LogP contribution in [0.5, 0.6) is 0 Å². The molecule has 29 heavy (non-hydrogen) atoms. The zero-order valence-corrected chi connectivity index (χ0v) is 17.2. The Morgan fingerprint density at radius 3 is 3.10 bits per heavy atom. The Morgan fingerprint density at radius 1 is 1.45 bits per heavy atom. The third kappa shape index (κ3) is 4.54. The van der Waals surface area contributed by atoms with E-state index in [1.165, 1.54) is 12.0 Å². The second kappa shape index (κ2) is 8.84. The highest BCUT2D eigenvalue weighted by Crippen LogP contribution is 2.28. The minimum absolute atomic E-state index is 0.434. The number of nitrogens with one attached hydrogen (secondary N) is 1. The Bertz CT molecular complexity index is 915. The number of morpholine rings is 1. The first kappa shape index (κ1) is 19.7. The van der Waals surface area contributed by atoms with Crippen molar-refractivity contribution in [3.8, 4) is 0 Å². The van der Waals surface area contributed by atoms with Gasteiger partial charge in [0, 0.05) is 68.1 Å². The summed E-state index contributed by atoms with van der Waals surface area (Å²) in [6.07, 6.45) is 8.66. The fraction of sp³-hybridized carbons (Fsp3) is 0.435. The van der Waals surface area contributed by atoms with Gasteiger partial charge in [0.15, 0.2) is 0 Å². The van der Waals surface area contributed by atoms with E-state index in [2.05, 4.69) is 39.6 Å². The molecule has 0 aliphatic carbocycles. The van der Waals surface area contributed by atoms with E-state index in [1.807, 2.05) is 36.5 Å². The molecule has 3 N–H and O–H groups in total. The van der Waals surface area contributed by atoms with Crippen molar-refractivity contribution < 1.29 is 4.74 Å². The van der Waals surface area contributed by atoms with Crippen LogP contribution in [0, 0.1) is 0 Å². The number of hydrogen-bond acceptors (Lipinski definition) is 4. The number of benzene rings is 1. The van der Waals surface area contributed by atoms with Crippen LogP contribution in [-0.2, 0) is 4.74 Å². The Hall–Kier alpha value is -2.57.